The number of imidazole rings is 1. The molecule has 0 bridgehead atoms. The molecule has 0 saturated heterocycles. The first-order valence-electron chi connectivity index (χ1n) is 4.17. The number of rotatable bonds is 2. The molecule has 0 aliphatic rings. The smallest absolute Gasteiger partial charge is 0.333 e. The molecule has 1 atom stereocenters. The molecule has 1 aromatic rings. The molecule has 0 aliphatic carbocycles. The topological polar surface area (TPSA) is 43.8 Å². The van der Waals surface area contributed by atoms with Crippen LogP contribution < -0.4 is 5.73 Å². The van der Waals surface area contributed by atoms with E-state index in [-0.39, 0.29) is 5.69 Å². The van der Waals surface area contributed by atoms with Crippen LogP contribution in [0.5, 0.6) is 0 Å². The number of nitrogens with two attached hydrogens (primary N) is 1. The third kappa shape index (κ3) is 1.61. The quantitative estimate of drug-likeness (QED) is 0.801. The van der Waals surface area contributed by atoms with Crippen LogP contribution in [0.4, 0.5) is 13.2 Å². The van der Waals surface area contributed by atoms with Crippen molar-refractivity contribution in [3.8, 4) is 0 Å². The van der Waals surface area contributed by atoms with Crippen LogP contribution in [0, 0.1) is 0 Å². The van der Waals surface area contributed by atoms with Crippen LogP contribution in [-0.4, -0.2) is 15.7 Å². The summed E-state index contributed by atoms with van der Waals surface area (Å²) in [5.74, 6) is 0. The van der Waals surface area contributed by atoms with E-state index in [4.69, 9.17) is 5.73 Å². The first-order chi connectivity index (χ1) is 6.30. The van der Waals surface area contributed by atoms with E-state index in [1.807, 2.05) is 0 Å². The maximum atomic E-state index is 12.5. The van der Waals surface area contributed by atoms with Gasteiger partial charge in [-0.15, -0.1) is 0 Å². The van der Waals surface area contributed by atoms with Crippen LogP contribution in [0.1, 0.15) is 19.5 Å². The second-order valence-corrected chi connectivity index (χ2v) is 3.27. The van der Waals surface area contributed by atoms with Crippen molar-refractivity contribution < 1.29 is 13.2 Å². The minimum atomic E-state index is -4.47. The highest BCUT2D eigenvalue weighted by Crippen LogP contribution is 2.35. The van der Waals surface area contributed by atoms with E-state index >= 15 is 0 Å². The van der Waals surface area contributed by atoms with Crippen molar-refractivity contribution in [3.63, 3.8) is 0 Å². The Labute approximate surface area is 79.7 Å². The number of aryl methyl sites for hydroxylation is 1. The van der Waals surface area contributed by atoms with E-state index in [9.17, 15) is 13.2 Å². The summed E-state index contributed by atoms with van der Waals surface area (Å²) in [7, 11) is 0. The minimum absolute atomic E-state index is 0.0208. The Bertz CT molecular complexity index is 314. The van der Waals surface area contributed by atoms with E-state index in [1.54, 1.807) is 6.92 Å². The van der Waals surface area contributed by atoms with Gasteiger partial charge in [0.25, 0.3) is 0 Å². The third-order valence-corrected chi connectivity index (χ3v) is 2.17. The zero-order valence-electron chi connectivity index (χ0n) is 7.97. The molecule has 3 nitrogen and oxygen atoms in total. The Hall–Kier alpha value is -1.04. The summed E-state index contributed by atoms with van der Waals surface area (Å²) in [4.78, 5) is 3.66. The predicted molar refractivity (Wildman–Crippen MR) is 45.5 cm³/mol. The van der Waals surface area contributed by atoms with Crippen LogP contribution >= 0.6 is 0 Å². The van der Waals surface area contributed by atoms with E-state index < -0.39 is 11.7 Å². The standard InChI is InChI=1S/C8H12F3N3/c1-3-14-5-13-4-6(14)7(2,12)8(9,10)11/h4-5H,3,12H2,1-2H3. The minimum Gasteiger partial charge on any atom is -0.333 e. The molecule has 0 spiro atoms. The van der Waals surface area contributed by atoms with E-state index in [0.29, 0.717) is 6.54 Å². The Morgan fingerprint density at radius 2 is 2.07 bits per heavy atom. The summed E-state index contributed by atoms with van der Waals surface area (Å²) in [6, 6.07) is 0. The first kappa shape index (κ1) is 11.0. The largest absolute Gasteiger partial charge is 0.411 e. The molecule has 0 aliphatic heterocycles. The van der Waals surface area contributed by atoms with Gasteiger partial charge in [0, 0.05) is 6.54 Å². The maximum Gasteiger partial charge on any atom is 0.411 e. The number of hydrogen-bond donors (Lipinski definition) is 1. The van der Waals surface area contributed by atoms with Crippen molar-refractivity contribution >= 4 is 0 Å². The van der Waals surface area contributed by atoms with Gasteiger partial charge in [-0.2, -0.15) is 13.2 Å². The van der Waals surface area contributed by atoms with Gasteiger partial charge < -0.3 is 10.3 Å². The monoisotopic (exact) mass is 207 g/mol. The summed E-state index contributed by atoms with van der Waals surface area (Å²) < 4.78 is 39.0. The number of nitrogens with zero attached hydrogens (tertiary/aromatic N) is 2. The second kappa shape index (κ2) is 3.27. The molecule has 2 N–H and O–H groups in total. The molecule has 0 amide bonds. The number of aromatic nitrogens is 2. The zero-order chi connectivity index (χ0) is 11.0. The van der Waals surface area contributed by atoms with Gasteiger partial charge in [-0.1, -0.05) is 0 Å². The second-order valence-electron chi connectivity index (χ2n) is 3.27. The summed E-state index contributed by atoms with van der Waals surface area (Å²) in [5.41, 5.74) is 2.88. The molecule has 1 unspecified atom stereocenters. The average Bonchev–Trinajstić information content (AvgIpc) is 2.49. The molecular formula is C8H12F3N3. The molecule has 80 valence electrons. The molecule has 14 heavy (non-hydrogen) atoms. The Kier molecular flexibility index (Phi) is 2.58. The molecule has 0 aromatic carbocycles. The van der Waals surface area contributed by atoms with Gasteiger partial charge in [0.1, 0.15) is 0 Å². The Morgan fingerprint density at radius 3 is 2.50 bits per heavy atom. The summed E-state index contributed by atoms with van der Waals surface area (Å²) >= 11 is 0. The lowest BCUT2D eigenvalue weighted by atomic mass is 9.99. The van der Waals surface area contributed by atoms with Crippen LogP contribution in [-0.2, 0) is 12.1 Å². The average molecular weight is 207 g/mol. The van der Waals surface area contributed by atoms with Crippen LogP contribution in [0.2, 0.25) is 0 Å². The number of alkyl halides is 3. The molecule has 1 heterocycles. The Balaban J connectivity index is 3.16. The molecule has 0 radical (unpaired) electrons. The van der Waals surface area contributed by atoms with Crippen molar-refractivity contribution in [1.82, 2.24) is 9.55 Å². The van der Waals surface area contributed by atoms with Gasteiger partial charge in [-0.25, -0.2) is 4.98 Å². The third-order valence-electron chi connectivity index (χ3n) is 2.17. The van der Waals surface area contributed by atoms with Gasteiger partial charge in [0.2, 0.25) is 0 Å². The fourth-order valence-corrected chi connectivity index (χ4v) is 1.15. The summed E-state index contributed by atoms with van der Waals surface area (Å²) in [6.45, 7) is 3.09. The SMILES string of the molecule is CCn1cncc1C(C)(N)C(F)(F)F. The van der Waals surface area contributed by atoms with Crippen molar-refractivity contribution in [3.05, 3.63) is 18.2 Å². The van der Waals surface area contributed by atoms with E-state index in [2.05, 4.69) is 4.98 Å². The van der Waals surface area contributed by atoms with E-state index in [1.165, 1.54) is 10.9 Å². The lowest BCUT2D eigenvalue weighted by Gasteiger charge is -2.28. The highest BCUT2D eigenvalue weighted by molar-refractivity contribution is 5.14. The molecule has 0 saturated carbocycles. The lowest BCUT2D eigenvalue weighted by molar-refractivity contribution is -0.185. The van der Waals surface area contributed by atoms with Gasteiger partial charge in [-0.05, 0) is 13.8 Å². The molecule has 1 aromatic heterocycles. The summed E-state index contributed by atoms with van der Waals surface area (Å²) in [5, 5.41) is 0. The Morgan fingerprint density at radius 1 is 1.50 bits per heavy atom. The van der Waals surface area contributed by atoms with Crippen LogP contribution in [0.3, 0.4) is 0 Å². The first-order valence-corrected chi connectivity index (χ1v) is 4.17. The number of halogens is 3. The normalized spacial score (nSPS) is 16.7. The predicted octanol–water partition coefficient (Wildman–Crippen LogP) is 1.64. The lowest BCUT2D eigenvalue weighted by Crippen LogP contribution is -2.49. The van der Waals surface area contributed by atoms with Crippen molar-refractivity contribution in [2.75, 3.05) is 0 Å². The highest BCUT2D eigenvalue weighted by Gasteiger charge is 2.51. The molecule has 0 fully saturated rings. The molecule has 6 heteroatoms. The number of hydrogen-bond acceptors (Lipinski definition) is 2. The fraction of sp³-hybridized carbons (Fsp3) is 0.625. The van der Waals surface area contributed by atoms with Crippen molar-refractivity contribution in [2.45, 2.75) is 32.1 Å². The van der Waals surface area contributed by atoms with Crippen molar-refractivity contribution in [1.29, 1.82) is 0 Å². The van der Waals surface area contributed by atoms with Crippen LogP contribution in [0.15, 0.2) is 12.5 Å². The van der Waals surface area contributed by atoms with Crippen molar-refractivity contribution in [2.24, 2.45) is 5.73 Å². The van der Waals surface area contributed by atoms with Gasteiger partial charge >= 0.3 is 6.18 Å². The highest BCUT2D eigenvalue weighted by atomic mass is 19.4. The maximum absolute atomic E-state index is 12.5. The zero-order valence-corrected chi connectivity index (χ0v) is 7.97. The van der Waals surface area contributed by atoms with Gasteiger partial charge in [0.15, 0.2) is 5.54 Å². The van der Waals surface area contributed by atoms with Gasteiger partial charge in [-0.3, -0.25) is 0 Å². The molecular weight excluding hydrogens is 195 g/mol. The van der Waals surface area contributed by atoms with E-state index in [0.717, 1.165) is 13.1 Å². The summed E-state index contributed by atoms with van der Waals surface area (Å²) in [6.07, 6.45) is -1.98. The van der Waals surface area contributed by atoms with Crippen LogP contribution in [0.25, 0.3) is 0 Å². The van der Waals surface area contributed by atoms with Gasteiger partial charge in [0.05, 0.1) is 18.2 Å². The fourth-order valence-electron chi connectivity index (χ4n) is 1.15. The molecule has 1 rings (SSSR count).